The highest BCUT2D eigenvalue weighted by Crippen LogP contribution is 2.31. The lowest BCUT2D eigenvalue weighted by molar-refractivity contribution is -0.118. The molecule has 0 aliphatic rings. The molecule has 3 aromatic rings. The normalized spacial score (nSPS) is 12.0. The van der Waals surface area contributed by atoms with Crippen LogP contribution in [0.15, 0.2) is 52.3 Å². The molecule has 2 aromatic carbocycles. The fourth-order valence-corrected chi connectivity index (χ4v) is 5.77. The number of carbonyl (C=O) groups excluding carboxylic acids is 1. The maximum Gasteiger partial charge on any atom is 0.233 e. The van der Waals surface area contributed by atoms with Gasteiger partial charge in [0.2, 0.25) is 5.91 Å². The lowest BCUT2D eigenvalue weighted by Gasteiger charge is -2.22. The molecule has 0 unspecified atom stereocenters. The molecule has 0 aliphatic heterocycles. The first-order valence-electron chi connectivity index (χ1n) is 10.3. The summed E-state index contributed by atoms with van der Waals surface area (Å²) in [7, 11) is -2.83. The van der Waals surface area contributed by atoms with Gasteiger partial charge >= 0.3 is 0 Å². The zero-order valence-corrected chi connectivity index (χ0v) is 22.7. The second kappa shape index (κ2) is 11.1. The number of thiazole rings is 1. The van der Waals surface area contributed by atoms with Crippen LogP contribution in [0.1, 0.15) is 12.5 Å². The first-order chi connectivity index (χ1) is 15.4. The van der Waals surface area contributed by atoms with E-state index in [0.717, 1.165) is 6.26 Å². The van der Waals surface area contributed by atoms with E-state index >= 15 is 0 Å². The van der Waals surface area contributed by atoms with Crippen molar-refractivity contribution in [3.05, 3.63) is 48.0 Å². The van der Waals surface area contributed by atoms with Crippen molar-refractivity contribution >= 4 is 64.7 Å². The minimum Gasteiger partial charge on any atom is -0.308 e. The van der Waals surface area contributed by atoms with E-state index < -0.39 is 19.7 Å². The molecule has 0 spiro atoms. The number of likely N-dealkylation sites (N-methyl/N-ethyl adjacent to an activating group) is 1. The number of benzene rings is 2. The summed E-state index contributed by atoms with van der Waals surface area (Å²) >= 11 is 1.27. The van der Waals surface area contributed by atoms with Gasteiger partial charge in [0.05, 0.1) is 32.2 Å². The highest BCUT2D eigenvalue weighted by Gasteiger charge is 2.21. The molecular weight excluding hydrogens is 518 g/mol. The van der Waals surface area contributed by atoms with Crippen molar-refractivity contribution in [3.63, 3.8) is 0 Å². The van der Waals surface area contributed by atoms with Crippen LogP contribution in [0.25, 0.3) is 10.2 Å². The number of carbonyl (C=O) groups is 1. The predicted molar refractivity (Wildman–Crippen MR) is 139 cm³/mol. The topological polar surface area (TPSA) is 105 Å². The third-order valence-corrected chi connectivity index (χ3v) is 9.00. The molecule has 186 valence electrons. The quantitative estimate of drug-likeness (QED) is 0.407. The van der Waals surface area contributed by atoms with Crippen molar-refractivity contribution < 1.29 is 21.6 Å². The molecule has 1 heterocycles. The molecule has 0 radical (unpaired) electrons. The number of halogens is 1. The number of sulfone groups is 2. The number of hydrogen-bond acceptors (Lipinski definition) is 8. The molecule has 0 fully saturated rings. The van der Waals surface area contributed by atoms with Crippen LogP contribution in [0.3, 0.4) is 0 Å². The zero-order valence-electron chi connectivity index (χ0n) is 19.4. The number of anilines is 1. The van der Waals surface area contributed by atoms with Gasteiger partial charge in [-0.1, -0.05) is 30.4 Å². The van der Waals surface area contributed by atoms with Gasteiger partial charge in [0, 0.05) is 19.3 Å². The minimum atomic E-state index is -3.35. The maximum atomic E-state index is 13.2. The van der Waals surface area contributed by atoms with Crippen molar-refractivity contribution in [1.82, 2.24) is 9.88 Å². The van der Waals surface area contributed by atoms with Crippen LogP contribution in [0.2, 0.25) is 0 Å². The lowest BCUT2D eigenvalue weighted by Crippen LogP contribution is -2.37. The molecular formula is C22H28ClN3O5S3. The Labute approximate surface area is 210 Å². The van der Waals surface area contributed by atoms with E-state index in [1.807, 2.05) is 19.0 Å². The van der Waals surface area contributed by atoms with Crippen molar-refractivity contribution in [2.75, 3.05) is 44.1 Å². The molecule has 12 heteroatoms. The van der Waals surface area contributed by atoms with Gasteiger partial charge in [-0.05, 0) is 50.0 Å². The molecule has 0 saturated carbocycles. The van der Waals surface area contributed by atoms with Crippen LogP contribution in [0.4, 0.5) is 5.13 Å². The molecule has 3 rings (SSSR count). The van der Waals surface area contributed by atoms with Crippen LogP contribution < -0.4 is 4.90 Å². The Morgan fingerprint density at radius 3 is 2.15 bits per heavy atom. The van der Waals surface area contributed by atoms with Crippen molar-refractivity contribution in [2.45, 2.75) is 23.1 Å². The molecule has 1 aromatic heterocycles. The summed E-state index contributed by atoms with van der Waals surface area (Å²) in [6.07, 6.45) is 1.24. The highest BCUT2D eigenvalue weighted by atomic mass is 35.5. The van der Waals surface area contributed by atoms with Gasteiger partial charge in [0.1, 0.15) is 0 Å². The Bertz CT molecular complexity index is 1370. The van der Waals surface area contributed by atoms with E-state index in [1.54, 1.807) is 36.1 Å². The predicted octanol–water partition coefficient (Wildman–Crippen LogP) is 3.05. The average molecular weight is 546 g/mol. The Kier molecular flexibility index (Phi) is 9.23. The third kappa shape index (κ3) is 6.76. The van der Waals surface area contributed by atoms with Crippen molar-refractivity contribution in [2.24, 2.45) is 0 Å². The smallest absolute Gasteiger partial charge is 0.233 e. The molecule has 8 nitrogen and oxygen atoms in total. The van der Waals surface area contributed by atoms with Gasteiger partial charge in [-0.25, -0.2) is 21.8 Å². The Morgan fingerprint density at radius 1 is 0.971 bits per heavy atom. The van der Waals surface area contributed by atoms with Crippen LogP contribution in [-0.4, -0.2) is 71.8 Å². The number of rotatable bonds is 9. The fourth-order valence-electron chi connectivity index (χ4n) is 3.12. The van der Waals surface area contributed by atoms with E-state index in [-0.39, 0.29) is 40.3 Å². The number of fused-ring (bicyclic) bond motifs is 1. The Hall–Kier alpha value is -2.05. The molecule has 0 aliphatic carbocycles. The number of nitrogens with zero attached hydrogens (tertiary/aromatic N) is 3. The average Bonchev–Trinajstić information content (AvgIpc) is 3.16. The van der Waals surface area contributed by atoms with E-state index in [2.05, 4.69) is 4.98 Å². The van der Waals surface area contributed by atoms with Crippen LogP contribution >= 0.6 is 23.7 Å². The van der Waals surface area contributed by atoms with Gasteiger partial charge < -0.3 is 4.90 Å². The summed E-state index contributed by atoms with van der Waals surface area (Å²) in [5.74, 6) is -0.159. The fraction of sp³-hybridized carbons (Fsp3) is 0.364. The second-order valence-corrected chi connectivity index (χ2v) is 13.3. The standard InChI is InChI=1S/C22H27N3O5S3.ClH/c1-5-33(29,30)17-8-6-16(7-9-17)14-21(26)25(13-12-24(2)3)22-23-19-11-10-18(32(4,27)28)15-20(19)31-22;/h6-11,15H,5,12-14H2,1-4H3;1H. The maximum absolute atomic E-state index is 13.2. The SMILES string of the molecule is CCS(=O)(=O)c1ccc(CC(=O)N(CCN(C)C)c2nc3ccc(S(C)(=O)=O)cc3s2)cc1.Cl. The van der Waals surface area contributed by atoms with Crippen LogP contribution in [0.5, 0.6) is 0 Å². The van der Waals surface area contributed by atoms with E-state index in [0.29, 0.717) is 34.0 Å². The first kappa shape index (κ1) is 28.2. The molecule has 1 amide bonds. The van der Waals surface area contributed by atoms with Gasteiger partial charge in [0.15, 0.2) is 24.8 Å². The molecule has 0 atom stereocenters. The van der Waals surface area contributed by atoms with Crippen LogP contribution in [0, 0.1) is 0 Å². The number of amides is 1. The molecule has 0 saturated heterocycles. The zero-order chi connectivity index (χ0) is 24.4. The largest absolute Gasteiger partial charge is 0.308 e. The molecule has 0 N–H and O–H groups in total. The summed E-state index contributed by atoms with van der Waals surface area (Å²) in [5.41, 5.74) is 1.32. The monoisotopic (exact) mass is 545 g/mol. The summed E-state index contributed by atoms with van der Waals surface area (Å²) < 4.78 is 48.5. The molecule has 34 heavy (non-hydrogen) atoms. The van der Waals surface area contributed by atoms with Gasteiger partial charge in [-0.2, -0.15) is 0 Å². The molecule has 0 bridgehead atoms. The Balaban J connectivity index is 0.00000408. The van der Waals surface area contributed by atoms with Crippen molar-refractivity contribution in [3.8, 4) is 0 Å². The lowest BCUT2D eigenvalue weighted by atomic mass is 10.1. The minimum absolute atomic E-state index is 0. The first-order valence-corrected chi connectivity index (χ1v) is 14.6. The number of aromatic nitrogens is 1. The Morgan fingerprint density at radius 2 is 1.59 bits per heavy atom. The number of hydrogen-bond donors (Lipinski definition) is 0. The summed E-state index contributed by atoms with van der Waals surface area (Å²) in [4.78, 5) is 21.8. The summed E-state index contributed by atoms with van der Waals surface area (Å²) in [6.45, 7) is 2.61. The second-order valence-electron chi connectivity index (χ2n) is 7.97. The van der Waals surface area contributed by atoms with E-state index in [9.17, 15) is 21.6 Å². The third-order valence-electron chi connectivity index (χ3n) is 5.10. The summed E-state index contributed by atoms with van der Waals surface area (Å²) in [6, 6.07) is 11.1. The highest BCUT2D eigenvalue weighted by molar-refractivity contribution is 7.91. The van der Waals surface area contributed by atoms with E-state index in [1.165, 1.54) is 29.5 Å². The van der Waals surface area contributed by atoms with Gasteiger partial charge in [-0.15, -0.1) is 12.4 Å². The van der Waals surface area contributed by atoms with Gasteiger partial charge in [-0.3, -0.25) is 9.69 Å². The van der Waals surface area contributed by atoms with Crippen molar-refractivity contribution in [1.29, 1.82) is 0 Å². The van der Waals surface area contributed by atoms with E-state index in [4.69, 9.17) is 0 Å². The van der Waals surface area contributed by atoms with Gasteiger partial charge in [0.25, 0.3) is 0 Å². The summed E-state index contributed by atoms with van der Waals surface area (Å²) in [5, 5.41) is 0.493. The van der Waals surface area contributed by atoms with Crippen LogP contribution in [-0.2, 0) is 30.9 Å².